The maximum Gasteiger partial charge on any atom is 0.0430 e. The van der Waals surface area contributed by atoms with Crippen LogP contribution < -0.4 is 10.2 Å². The molecule has 0 aromatic heterocycles. The molecule has 0 saturated carbocycles. The monoisotopic (exact) mass is 266 g/mol. The first kappa shape index (κ1) is 13.0. The number of hydrogen-bond donors (Lipinski definition) is 1. The molecule has 2 aromatic rings. The van der Waals surface area contributed by atoms with Gasteiger partial charge in [-0.2, -0.15) is 0 Å². The van der Waals surface area contributed by atoms with Crippen molar-refractivity contribution in [3.63, 3.8) is 0 Å². The van der Waals surface area contributed by atoms with Crippen LogP contribution in [0.2, 0.25) is 0 Å². The molecule has 0 saturated heterocycles. The van der Waals surface area contributed by atoms with Crippen molar-refractivity contribution in [2.75, 3.05) is 23.3 Å². The van der Waals surface area contributed by atoms with E-state index in [0.29, 0.717) is 0 Å². The van der Waals surface area contributed by atoms with Crippen LogP contribution in [0.3, 0.4) is 0 Å². The van der Waals surface area contributed by atoms with Crippen molar-refractivity contribution in [2.45, 2.75) is 26.8 Å². The zero-order valence-corrected chi connectivity index (χ0v) is 12.3. The normalized spacial score (nSPS) is 12.9. The van der Waals surface area contributed by atoms with E-state index in [2.05, 4.69) is 66.5 Å². The third-order valence-corrected chi connectivity index (χ3v) is 4.10. The van der Waals surface area contributed by atoms with Crippen molar-refractivity contribution in [3.8, 4) is 0 Å². The van der Waals surface area contributed by atoms with E-state index < -0.39 is 0 Å². The number of aryl methyl sites for hydroxylation is 1. The Morgan fingerprint density at radius 1 is 1.15 bits per heavy atom. The summed E-state index contributed by atoms with van der Waals surface area (Å²) in [6.07, 6.45) is 1.16. The van der Waals surface area contributed by atoms with Crippen LogP contribution in [0.1, 0.15) is 23.6 Å². The Kier molecular flexibility index (Phi) is 3.64. The molecule has 0 fully saturated rings. The second-order valence-electron chi connectivity index (χ2n) is 5.47. The smallest absolute Gasteiger partial charge is 0.0430 e. The minimum absolute atomic E-state index is 0.969. The molecule has 0 amide bonds. The average Bonchev–Trinajstić information content (AvgIpc) is 2.93. The fourth-order valence-electron chi connectivity index (χ4n) is 2.94. The molecule has 0 aliphatic carbocycles. The molecular formula is C18H22N2. The van der Waals surface area contributed by atoms with Crippen LogP contribution in [0.15, 0.2) is 42.5 Å². The number of benzene rings is 2. The molecule has 1 aliphatic heterocycles. The number of rotatable bonds is 4. The van der Waals surface area contributed by atoms with Crippen LogP contribution in [-0.4, -0.2) is 13.1 Å². The first-order valence-electron chi connectivity index (χ1n) is 7.44. The van der Waals surface area contributed by atoms with Gasteiger partial charge in [-0.05, 0) is 49.1 Å². The first-order valence-corrected chi connectivity index (χ1v) is 7.44. The Bertz CT molecular complexity index is 604. The van der Waals surface area contributed by atoms with E-state index in [1.165, 1.54) is 28.1 Å². The first-order chi connectivity index (χ1) is 9.78. The average molecular weight is 266 g/mol. The van der Waals surface area contributed by atoms with Gasteiger partial charge >= 0.3 is 0 Å². The summed E-state index contributed by atoms with van der Waals surface area (Å²) in [5, 5.41) is 3.46. The second kappa shape index (κ2) is 5.58. The zero-order valence-electron chi connectivity index (χ0n) is 12.3. The number of anilines is 2. The summed E-state index contributed by atoms with van der Waals surface area (Å²) < 4.78 is 0. The summed E-state index contributed by atoms with van der Waals surface area (Å²) in [6.45, 7) is 7.47. The van der Waals surface area contributed by atoms with E-state index >= 15 is 0 Å². The largest absolute Gasteiger partial charge is 0.384 e. The quantitative estimate of drug-likeness (QED) is 0.900. The van der Waals surface area contributed by atoms with Crippen molar-refractivity contribution in [3.05, 3.63) is 59.2 Å². The van der Waals surface area contributed by atoms with Crippen LogP contribution in [0.4, 0.5) is 11.4 Å². The number of nitrogens with zero attached hydrogens (tertiary/aromatic N) is 1. The van der Waals surface area contributed by atoms with E-state index in [4.69, 9.17) is 0 Å². The molecule has 2 nitrogen and oxygen atoms in total. The molecule has 0 spiro atoms. The molecule has 104 valence electrons. The highest BCUT2D eigenvalue weighted by molar-refractivity contribution is 5.58. The second-order valence-corrected chi connectivity index (χ2v) is 5.47. The number of para-hydroxylation sites is 1. The Hall–Kier alpha value is -1.96. The zero-order chi connectivity index (χ0) is 13.9. The highest BCUT2D eigenvalue weighted by Gasteiger charge is 2.12. The lowest BCUT2D eigenvalue weighted by Gasteiger charge is -2.25. The van der Waals surface area contributed by atoms with Crippen LogP contribution in [0.25, 0.3) is 0 Å². The number of fused-ring (bicyclic) bond motifs is 1. The van der Waals surface area contributed by atoms with Gasteiger partial charge in [0.15, 0.2) is 0 Å². The SMILES string of the molecule is CCN(Cc1ccc2c(c1)NCC2)c1ccccc1C. The van der Waals surface area contributed by atoms with Crippen molar-refractivity contribution < 1.29 is 0 Å². The van der Waals surface area contributed by atoms with Crippen molar-refractivity contribution in [1.82, 2.24) is 0 Å². The third-order valence-electron chi connectivity index (χ3n) is 4.10. The maximum atomic E-state index is 3.46. The van der Waals surface area contributed by atoms with Crippen molar-refractivity contribution >= 4 is 11.4 Å². The van der Waals surface area contributed by atoms with Gasteiger partial charge in [0, 0.05) is 31.0 Å². The molecule has 0 bridgehead atoms. The van der Waals surface area contributed by atoms with E-state index in [0.717, 1.165) is 26.1 Å². The summed E-state index contributed by atoms with van der Waals surface area (Å²) >= 11 is 0. The van der Waals surface area contributed by atoms with Gasteiger partial charge in [-0.3, -0.25) is 0 Å². The molecule has 0 atom stereocenters. The topological polar surface area (TPSA) is 15.3 Å². The standard InChI is InChI=1S/C18H22N2/c1-3-20(18-7-5-4-6-14(18)2)13-15-8-9-16-10-11-19-17(16)12-15/h4-9,12,19H,3,10-11,13H2,1-2H3. The molecule has 2 heteroatoms. The molecular weight excluding hydrogens is 244 g/mol. The maximum absolute atomic E-state index is 3.46. The van der Waals surface area contributed by atoms with Gasteiger partial charge in [-0.1, -0.05) is 30.3 Å². The van der Waals surface area contributed by atoms with Crippen molar-refractivity contribution in [1.29, 1.82) is 0 Å². The third kappa shape index (κ3) is 2.51. The van der Waals surface area contributed by atoms with E-state index in [1.807, 2.05) is 0 Å². The summed E-state index contributed by atoms with van der Waals surface area (Å²) in [6, 6.07) is 15.5. The van der Waals surface area contributed by atoms with Gasteiger partial charge in [0.25, 0.3) is 0 Å². The number of hydrogen-bond acceptors (Lipinski definition) is 2. The minimum Gasteiger partial charge on any atom is -0.384 e. The molecule has 20 heavy (non-hydrogen) atoms. The summed E-state index contributed by atoms with van der Waals surface area (Å²) in [5.74, 6) is 0. The molecule has 3 rings (SSSR count). The summed E-state index contributed by atoms with van der Waals surface area (Å²) in [4.78, 5) is 2.44. The Morgan fingerprint density at radius 2 is 2.00 bits per heavy atom. The van der Waals surface area contributed by atoms with E-state index in [1.54, 1.807) is 0 Å². The molecule has 0 unspecified atom stereocenters. The van der Waals surface area contributed by atoms with E-state index in [-0.39, 0.29) is 0 Å². The Labute approximate surface area is 121 Å². The lowest BCUT2D eigenvalue weighted by Crippen LogP contribution is -2.22. The highest BCUT2D eigenvalue weighted by atomic mass is 15.1. The minimum atomic E-state index is 0.969. The van der Waals surface area contributed by atoms with Crippen molar-refractivity contribution in [2.24, 2.45) is 0 Å². The van der Waals surface area contributed by atoms with Crippen LogP contribution in [0, 0.1) is 6.92 Å². The van der Waals surface area contributed by atoms with Crippen LogP contribution in [0.5, 0.6) is 0 Å². The Balaban J connectivity index is 1.83. The van der Waals surface area contributed by atoms with Gasteiger partial charge in [0.1, 0.15) is 0 Å². The molecule has 1 aliphatic rings. The Morgan fingerprint density at radius 3 is 2.80 bits per heavy atom. The predicted molar refractivity (Wildman–Crippen MR) is 86.5 cm³/mol. The van der Waals surface area contributed by atoms with Gasteiger partial charge in [0.05, 0.1) is 0 Å². The summed E-state index contributed by atoms with van der Waals surface area (Å²) in [5.41, 5.74) is 6.83. The molecule has 1 heterocycles. The van der Waals surface area contributed by atoms with Gasteiger partial charge in [0.2, 0.25) is 0 Å². The van der Waals surface area contributed by atoms with Gasteiger partial charge in [-0.15, -0.1) is 0 Å². The lowest BCUT2D eigenvalue weighted by atomic mass is 10.1. The van der Waals surface area contributed by atoms with E-state index in [9.17, 15) is 0 Å². The molecule has 0 radical (unpaired) electrons. The van der Waals surface area contributed by atoms with Gasteiger partial charge < -0.3 is 10.2 Å². The highest BCUT2D eigenvalue weighted by Crippen LogP contribution is 2.26. The molecule has 2 aromatic carbocycles. The lowest BCUT2D eigenvalue weighted by molar-refractivity contribution is 0.828. The van der Waals surface area contributed by atoms with Gasteiger partial charge in [-0.25, -0.2) is 0 Å². The number of nitrogens with one attached hydrogen (secondary N) is 1. The fraction of sp³-hybridized carbons (Fsp3) is 0.333. The fourth-order valence-corrected chi connectivity index (χ4v) is 2.94. The van der Waals surface area contributed by atoms with Crippen LogP contribution >= 0.6 is 0 Å². The van der Waals surface area contributed by atoms with Crippen LogP contribution in [-0.2, 0) is 13.0 Å². The summed E-state index contributed by atoms with van der Waals surface area (Å²) in [7, 11) is 0. The molecule has 1 N–H and O–H groups in total. The predicted octanol–water partition coefficient (Wildman–Crippen LogP) is 3.99.